The highest BCUT2D eigenvalue weighted by atomic mass is 16.5. The topological polar surface area (TPSA) is 68.2 Å². The molecule has 0 aliphatic carbocycles. The standard InChI is InChI=1S/C25H27NO5/c1-4-23(27)31-14-7-8-15-16(10-14)17-11-21(29-2)22(30-3)12-18(17)19-13-26-9-5-6-20(26)25(28)24(15)19/h7-8,10-12,20,25,28H,4-6,9,13H2,1-3H3/t20-,25+/m0/s1. The minimum absolute atomic E-state index is 0.144. The molecule has 0 bridgehead atoms. The molecule has 2 heterocycles. The van der Waals surface area contributed by atoms with Crippen molar-refractivity contribution in [2.75, 3.05) is 20.8 Å². The average Bonchev–Trinajstić information content (AvgIpc) is 3.27. The van der Waals surface area contributed by atoms with Crippen LogP contribution in [0.25, 0.3) is 21.5 Å². The molecule has 5 rings (SSSR count). The number of aliphatic hydroxyl groups excluding tert-OH is 1. The fourth-order valence-corrected chi connectivity index (χ4v) is 5.22. The van der Waals surface area contributed by atoms with Crippen LogP contribution in [-0.2, 0) is 11.3 Å². The molecule has 2 aliphatic heterocycles. The molecule has 0 spiro atoms. The van der Waals surface area contributed by atoms with Crippen molar-refractivity contribution < 1.29 is 24.1 Å². The van der Waals surface area contributed by atoms with Gasteiger partial charge in [-0.25, -0.2) is 0 Å². The van der Waals surface area contributed by atoms with Crippen LogP contribution in [0.5, 0.6) is 17.2 Å². The average molecular weight is 421 g/mol. The van der Waals surface area contributed by atoms with E-state index in [2.05, 4.69) is 4.90 Å². The van der Waals surface area contributed by atoms with Crippen molar-refractivity contribution in [3.8, 4) is 17.2 Å². The normalized spacial score (nSPS) is 20.5. The number of rotatable bonds is 4. The quantitative estimate of drug-likeness (QED) is 0.384. The van der Waals surface area contributed by atoms with Crippen molar-refractivity contribution in [3.63, 3.8) is 0 Å². The summed E-state index contributed by atoms with van der Waals surface area (Å²) in [5.41, 5.74) is 2.11. The monoisotopic (exact) mass is 421 g/mol. The van der Waals surface area contributed by atoms with Gasteiger partial charge in [-0.2, -0.15) is 0 Å². The van der Waals surface area contributed by atoms with Crippen LogP contribution in [-0.4, -0.2) is 42.8 Å². The highest BCUT2D eigenvalue weighted by Gasteiger charge is 2.39. The number of hydrogen-bond donors (Lipinski definition) is 1. The lowest BCUT2D eigenvalue weighted by molar-refractivity contribution is -0.134. The first kappa shape index (κ1) is 20.1. The predicted molar refractivity (Wildman–Crippen MR) is 119 cm³/mol. The van der Waals surface area contributed by atoms with Gasteiger partial charge in [0.1, 0.15) is 5.75 Å². The Bertz CT molecular complexity index is 1190. The third-order valence-corrected chi connectivity index (χ3v) is 6.70. The summed E-state index contributed by atoms with van der Waals surface area (Å²) in [4.78, 5) is 14.3. The summed E-state index contributed by atoms with van der Waals surface area (Å²) >= 11 is 0. The minimum Gasteiger partial charge on any atom is -0.493 e. The molecule has 0 amide bonds. The Morgan fingerprint density at radius 1 is 1.06 bits per heavy atom. The van der Waals surface area contributed by atoms with Gasteiger partial charge in [-0.3, -0.25) is 9.69 Å². The summed E-state index contributed by atoms with van der Waals surface area (Å²) in [5, 5.41) is 15.3. The van der Waals surface area contributed by atoms with E-state index in [1.165, 1.54) is 0 Å². The van der Waals surface area contributed by atoms with Gasteiger partial charge < -0.3 is 19.3 Å². The Hall–Kier alpha value is -2.83. The van der Waals surface area contributed by atoms with Crippen LogP contribution >= 0.6 is 0 Å². The lowest BCUT2D eigenvalue weighted by Crippen LogP contribution is -2.39. The van der Waals surface area contributed by atoms with Gasteiger partial charge in [0.05, 0.1) is 20.3 Å². The molecule has 6 heteroatoms. The smallest absolute Gasteiger partial charge is 0.310 e. The molecule has 31 heavy (non-hydrogen) atoms. The number of aliphatic hydroxyl groups is 1. The van der Waals surface area contributed by atoms with Crippen LogP contribution in [0.2, 0.25) is 0 Å². The molecule has 6 nitrogen and oxygen atoms in total. The Balaban J connectivity index is 1.84. The number of methoxy groups -OCH3 is 2. The molecule has 2 aliphatic rings. The maximum absolute atomic E-state index is 11.9. The van der Waals surface area contributed by atoms with Gasteiger partial charge in [-0.15, -0.1) is 0 Å². The first-order chi connectivity index (χ1) is 15.0. The second kappa shape index (κ2) is 7.70. The SMILES string of the molecule is CCC(=O)Oc1ccc2c3c(c4cc(OC)c(OC)cc4c2c1)CN1CCC[C@H]1[C@H]3O. The summed E-state index contributed by atoms with van der Waals surface area (Å²) in [7, 11) is 3.25. The van der Waals surface area contributed by atoms with Crippen molar-refractivity contribution in [2.24, 2.45) is 0 Å². The van der Waals surface area contributed by atoms with Crippen molar-refractivity contribution >= 4 is 27.5 Å². The molecule has 0 saturated carbocycles. The van der Waals surface area contributed by atoms with E-state index in [4.69, 9.17) is 14.2 Å². The summed E-state index contributed by atoms with van der Waals surface area (Å²) in [5.74, 6) is 1.52. The van der Waals surface area contributed by atoms with Crippen molar-refractivity contribution in [2.45, 2.75) is 44.9 Å². The maximum Gasteiger partial charge on any atom is 0.310 e. The van der Waals surface area contributed by atoms with E-state index >= 15 is 0 Å². The lowest BCUT2D eigenvalue weighted by Gasteiger charge is -2.37. The third-order valence-electron chi connectivity index (χ3n) is 6.70. The van der Waals surface area contributed by atoms with E-state index in [1.54, 1.807) is 21.1 Å². The fraction of sp³-hybridized carbons (Fsp3) is 0.400. The number of nitrogens with zero attached hydrogens (tertiary/aromatic N) is 1. The zero-order valence-electron chi connectivity index (χ0n) is 18.1. The van der Waals surface area contributed by atoms with Crippen molar-refractivity contribution in [3.05, 3.63) is 41.5 Å². The van der Waals surface area contributed by atoms with Gasteiger partial charge in [0.15, 0.2) is 11.5 Å². The van der Waals surface area contributed by atoms with Crippen LogP contribution in [0.3, 0.4) is 0 Å². The van der Waals surface area contributed by atoms with Gasteiger partial charge in [-0.05, 0) is 76.3 Å². The van der Waals surface area contributed by atoms with E-state index in [1.807, 2.05) is 30.3 Å². The van der Waals surface area contributed by atoms with Gasteiger partial charge in [0.2, 0.25) is 0 Å². The summed E-state index contributed by atoms with van der Waals surface area (Å²) in [6.07, 6.45) is 1.85. The van der Waals surface area contributed by atoms with Crippen molar-refractivity contribution in [1.82, 2.24) is 4.90 Å². The molecule has 0 radical (unpaired) electrons. The van der Waals surface area contributed by atoms with Crippen LogP contribution < -0.4 is 14.2 Å². The Morgan fingerprint density at radius 2 is 1.77 bits per heavy atom. The van der Waals surface area contributed by atoms with Crippen LogP contribution in [0, 0.1) is 0 Å². The van der Waals surface area contributed by atoms with Gasteiger partial charge in [0.25, 0.3) is 0 Å². The second-order valence-electron chi connectivity index (χ2n) is 8.30. The van der Waals surface area contributed by atoms with Gasteiger partial charge >= 0.3 is 5.97 Å². The van der Waals surface area contributed by atoms with E-state index in [0.29, 0.717) is 23.7 Å². The number of fused-ring (bicyclic) bond motifs is 7. The molecule has 3 aromatic rings. The highest BCUT2D eigenvalue weighted by molar-refractivity contribution is 6.12. The Kier molecular flexibility index (Phi) is 4.99. The molecule has 1 saturated heterocycles. The van der Waals surface area contributed by atoms with Gasteiger partial charge in [0, 0.05) is 19.0 Å². The minimum atomic E-state index is -0.560. The van der Waals surface area contributed by atoms with E-state index in [0.717, 1.165) is 58.6 Å². The molecule has 1 N–H and O–H groups in total. The first-order valence-electron chi connectivity index (χ1n) is 10.8. The van der Waals surface area contributed by atoms with E-state index in [9.17, 15) is 9.90 Å². The fourth-order valence-electron chi connectivity index (χ4n) is 5.22. The summed E-state index contributed by atoms with van der Waals surface area (Å²) in [6, 6.07) is 9.80. The first-order valence-corrected chi connectivity index (χ1v) is 10.8. The van der Waals surface area contributed by atoms with E-state index < -0.39 is 6.10 Å². The molecule has 0 unspecified atom stereocenters. The number of ether oxygens (including phenoxy) is 3. The second-order valence-corrected chi connectivity index (χ2v) is 8.30. The zero-order valence-corrected chi connectivity index (χ0v) is 18.1. The Labute approximate surface area is 181 Å². The number of esters is 1. The Morgan fingerprint density at radius 3 is 2.48 bits per heavy atom. The molecule has 2 atom stereocenters. The highest BCUT2D eigenvalue weighted by Crippen LogP contribution is 2.47. The van der Waals surface area contributed by atoms with E-state index in [-0.39, 0.29) is 12.0 Å². The maximum atomic E-state index is 11.9. The third kappa shape index (κ3) is 3.13. The molecule has 0 aromatic heterocycles. The molecular weight excluding hydrogens is 394 g/mol. The van der Waals surface area contributed by atoms with Crippen molar-refractivity contribution in [1.29, 1.82) is 0 Å². The number of carbonyl (C=O) groups excluding carboxylic acids is 1. The number of hydrogen-bond acceptors (Lipinski definition) is 6. The molecular formula is C25H27NO5. The number of carbonyl (C=O) groups is 1. The zero-order chi connectivity index (χ0) is 21.7. The molecule has 3 aromatic carbocycles. The largest absolute Gasteiger partial charge is 0.493 e. The molecule has 162 valence electrons. The van der Waals surface area contributed by atoms with Crippen LogP contribution in [0.1, 0.15) is 43.4 Å². The van der Waals surface area contributed by atoms with Gasteiger partial charge in [-0.1, -0.05) is 13.0 Å². The van der Waals surface area contributed by atoms with Crippen LogP contribution in [0.15, 0.2) is 30.3 Å². The van der Waals surface area contributed by atoms with Crippen LogP contribution in [0.4, 0.5) is 0 Å². The summed E-state index contributed by atoms with van der Waals surface area (Å²) < 4.78 is 16.6. The number of benzene rings is 3. The lowest BCUT2D eigenvalue weighted by atomic mass is 9.83. The summed E-state index contributed by atoms with van der Waals surface area (Å²) in [6.45, 7) is 3.57. The predicted octanol–water partition coefficient (Wildman–Crippen LogP) is 4.34. The molecule has 1 fully saturated rings.